The van der Waals surface area contributed by atoms with Crippen molar-refractivity contribution in [2.75, 3.05) is 4.90 Å². The van der Waals surface area contributed by atoms with Gasteiger partial charge in [0.2, 0.25) is 0 Å². The molecule has 4 nitrogen and oxygen atoms in total. The first-order chi connectivity index (χ1) is 14.1. The van der Waals surface area contributed by atoms with Crippen LogP contribution in [-0.4, -0.2) is 15.5 Å². The first-order valence-corrected chi connectivity index (χ1v) is 10.6. The Bertz CT molecular complexity index is 1110. The molecule has 0 saturated carbocycles. The SMILES string of the molecule is O=C(c1cccs1)N(Cc1nccn1Cc1ccc(Cl)cc1Cl)c1ccccc1. The summed E-state index contributed by atoms with van der Waals surface area (Å²) in [6, 6.07) is 18.8. The predicted octanol–water partition coefficient (Wildman–Crippen LogP) is 6.15. The molecule has 29 heavy (non-hydrogen) atoms. The van der Waals surface area contributed by atoms with Gasteiger partial charge in [-0.15, -0.1) is 11.3 Å². The Morgan fingerprint density at radius 3 is 2.62 bits per heavy atom. The summed E-state index contributed by atoms with van der Waals surface area (Å²) in [7, 11) is 0. The maximum atomic E-state index is 13.2. The van der Waals surface area contributed by atoms with Gasteiger partial charge in [0.1, 0.15) is 5.82 Å². The van der Waals surface area contributed by atoms with E-state index in [1.807, 2.05) is 70.7 Å². The molecule has 0 radical (unpaired) electrons. The van der Waals surface area contributed by atoms with Crippen LogP contribution in [0.1, 0.15) is 21.1 Å². The number of benzene rings is 2. The monoisotopic (exact) mass is 441 g/mol. The first-order valence-electron chi connectivity index (χ1n) is 8.96. The summed E-state index contributed by atoms with van der Waals surface area (Å²) in [4.78, 5) is 20.1. The average Bonchev–Trinajstić information content (AvgIpc) is 3.41. The van der Waals surface area contributed by atoms with Gasteiger partial charge in [-0.3, -0.25) is 4.79 Å². The van der Waals surface area contributed by atoms with Gasteiger partial charge in [-0.2, -0.15) is 0 Å². The number of nitrogens with zero attached hydrogens (tertiary/aromatic N) is 3. The second-order valence-electron chi connectivity index (χ2n) is 6.41. The van der Waals surface area contributed by atoms with Crippen molar-refractivity contribution in [2.24, 2.45) is 0 Å². The number of anilines is 1. The molecule has 0 N–H and O–H groups in total. The first kappa shape index (κ1) is 19.7. The molecule has 0 aliphatic rings. The van der Waals surface area contributed by atoms with Gasteiger partial charge >= 0.3 is 0 Å². The number of rotatable bonds is 6. The van der Waals surface area contributed by atoms with Crippen molar-refractivity contribution in [2.45, 2.75) is 13.1 Å². The second-order valence-corrected chi connectivity index (χ2v) is 8.20. The molecule has 1 amide bonds. The van der Waals surface area contributed by atoms with E-state index < -0.39 is 0 Å². The molecule has 0 unspecified atom stereocenters. The van der Waals surface area contributed by atoms with Crippen LogP contribution in [-0.2, 0) is 13.1 Å². The van der Waals surface area contributed by atoms with Gasteiger partial charge in [0.25, 0.3) is 5.91 Å². The zero-order valence-corrected chi connectivity index (χ0v) is 17.7. The fourth-order valence-electron chi connectivity index (χ4n) is 3.03. The molecule has 0 aliphatic heterocycles. The van der Waals surface area contributed by atoms with Gasteiger partial charge in [-0.1, -0.05) is 53.5 Å². The largest absolute Gasteiger partial charge is 0.329 e. The van der Waals surface area contributed by atoms with Crippen molar-refractivity contribution < 1.29 is 4.79 Å². The number of para-hydroxylation sites is 1. The number of aromatic nitrogens is 2. The number of carbonyl (C=O) groups is 1. The Morgan fingerprint density at radius 2 is 1.90 bits per heavy atom. The van der Waals surface area contributed by atoms with Crippen LogP contribution in [0.4, 0.5) is 5.69 Å². The zero-order valence-electron chi connectivity index (χ0n) is 15.3. The highest BCUT2D eigenvalue weighted by Gasteiger charge is 2.21. The van der Waals surface area contributed by atoms with Crippen molar-refractivity contribution in [3.63, 3.8) is 0 Å². The predicted molar refractivity (Wildman–Crippen MR) is 119 cm³/mol. The van der Waals surface area contributed by atoms with E-state index in [0.29, 0.717) is 28.0 Å². The van der Waals surface area contributed by atoms with Crippen molar-refractivity contribution in [1.82, 2.24) is 9.55 Å². The summed E-state index contributed by atoms with van der Waals surface area (Å²) in [6.45, 7) is 0.889. The summed E-state index contributed by atoms with van der Waals surface area (Å²) in [5.41, 5.74) is 1.76. The smallest absolute Gasteiger partial charge is 0.268 e. The number of carbonyl (C=O) groups excluding carboxylic acids is 1. The number of imidazole rings is 1. The third kappa shape index (κ3) is 4.53. The van der Waals surface area contributed by atoms with E-state index in [-0.39, 0.29) is 5.91 Å². The van der Waals surface area contributed by atoms with Gasteiger partial charge in [0, 0.05) is 28.1 Å². The van der Waals surface area contributed by atoms with E-state index in [1.165, 1.54) is 11.3 Å². The molecule has 7 heteroatoms. The number of hydrogen-bond acceptors (Lipinski definition) is 3. The van der Waals surface area contributed by atoms with Gasteiger partial charge < -0.3 is 9.47 Å². The van der Waals surface area contributed by atoms with E-state index in [1.54, 1.807) is 17.2 Å². The molecule has 0 aliphatic carbocycles. The van der Waals surface area contributed by atoms with Crippen LogP contribution < -0.4 is 4.90 Å². The van der Waals surface area contributed by atoms with Crippen LogP contribution in [0.3, 0.4) is 0 Å². The maximum Gasteiger partial charge on any atom is 0.268 e. The van der Waals surface area contributed by atoms with Gasteiger partial charge in [0.05, 0.1) is 18.0 Å². The van der Waals surface area contributed by atoms with Crippen LogP contribution in [0.15, 0.2) is 78.4 Å². The van der Waals surface area contributed by atoms with Crippen molar-refractivity contribution in [3.8, 4) is 0 Å². The Balaban J connectivity index is 1.63. The summed E-state index contributed by atoms with van der Waals surface area (Å²) < 4.78 is 1.99. The average molecular weight is 442 g/mol. The molecule has 0 fully saturated rings. The van der Waals surface area contributed by atoms with Crippen LogP contribution in [0.2, 0.25) is 10.0 Å². The summed E-state index contributed by atoms with van der Waals surface area (Å²) in [5.74, 6) is 0.718. The summed E-state index contributed by atoms with van der Waals surface area (Å²) in [6.07, 6.45) is 3.62. The van der Waals surface area contributed by atoms with E-state index in [4.69, 9.17) is 23.2 Å². The fraction of sp³-hybridized carbons (Fsp3) is 0.0909. The molecule has 2 aromatic heterocycles. The zero-order chi connectivity index (χ0) is 20.2. The lowest BCUT2D eigenvalue weighted by Crippen LogP contribution is -2.31. The number of hydrogen-bond donors (Lipinski definition) is 0. The Kier molecular flexibility index (Phi) is 6.00. The van der Waals surface area contributed by atoms with Crippen LogP contribution in [0.25, 0.3) is 0 Å². The third-order valence-electron chi connectivity index (χ3n) is 4.50. The standard InChI is InChI=1S/C22H17Cl2N3OS/c23-17-9-8-16(19(24)13-17)14-26-11-10-25-21(26)15-27(18-5-2-1-3-6-18)22(28)20-7-4-12-29-20/h1-13H,14-15H2. The number of halogens is 2. The van der Waals surface area contributed by atoms with Crippen LogP contribution in [0.5, 0.6) is 0 Å². The minimum atomic E-state index is -0.0507. The van der Waals surface area contributed by atoms with E-state index in [2.05, 4.69) is 4.98 Å². The van der Waals surface area contributed by atoms with Gasteiger partial charge in [-0.05, 0) is 41.3 Å². The molecule has 0 spiro atoms. The molecule has 2 heterocycles. The normalized spacial score (nSPS) is 10.8. The van der Waals surface area contributed by atoms with Crippen LogP contribution >= 0.6 is 34.5 Å². The molecular weight excluding hydrogens is 425 g/mol. The lowest BCUT2D eigenvalue weighted by Gasteiger charge is -2.22. The summed E-state index contributed by atoms with van der Waals surface area (Å²) in [5, 5.41) is 3.10. The minimum absolute atomic E-state index is 0.0507. The van der Waals surface area contributed by atoms with Gasteiger partial charge in [0.15, 0.2) is 0 Å². The fourth-order valence-corrected chi connectivity index (χ4v) is 4.17. The molecule has 0 bridgehead atoms. The highest BCUT2D eigenvalue weighted by molar-refractivity contribution is 7.12. The Hall–Kier alpha value is -2.60. The quantitative estimate of drug-likeness (QED) is 0.359. The van der Waals surface area contributed by atoms with Crippen molar-refractivity contribution in [1.29, 1.82) is 0 Å². The lowest BCUT2D eigenvalue weighted by molar-refractivity contribution is 0.0988. The van der Waals surface area contributed by atoms with Gasteiger partial charge in [-0.25, -0.2) is 4.98 Å². The number of amides is 1. The van der Waals surface area contributed by atoms with Crippen LogP contribution in [0, 0.1) is 0 Å². The molecule has 4 rings (SSSR count). The molecule has 146 valence electrons. The van der Waals surface area contributed by atoms with Crippen molar-refractivity contribution >= 4 is 46.1 Å². The topological polar surface area (TPSA) is 38.1 Å². The second kappa shape index (κ2) is 8.82. The molecule has 2 aromatic carbocycles. The molecule has 0 saturated heterocycles. The van der Waals surface area contributed by atoms with Crippen molar-refractivity contribution in [3.05, 3.63) is 105 Å². The van der Waals surface area contributed by atoms with E-state index >= 15 is 0 Å². The minimum Gasteiger partial charge on any atom is -0.329 e. The molecule has 4 aromatic rings. The highest BCUT2D eigenvalue weighted by Crippen LogP contribution is 2.24. The van der Waals surface area contributed by atoms with E-state index in [0.717, 1.165) is 17.1 Å². The lowest BCUT2D eigenvalue weighted by atomic mass is 10.2. The highest BCUT2D eigenvalue weighted by atomic mass is 35.5. The Morgan fingerprint density at radius 1 is 1.07 bits per heavy atom. The Labute approximate surface area is 183 Å². The number of thiophene rings is 1. The molecular formula is C22H17Cl2N3OS. The van der Waals surface area contributed by atoms with E-state index in [9.17, 15) is 4.79 Å². The third-order valence-corrected chi connectivity index (χ3v) is 5.95. The summed E-state index contributed by atoms with van der Waals surface area (Å²) >= 11 is 13.8. The molecule has 0 atom stereocenters. The maximum absolute atomic E-state index is 13.2.